The van der Waals surface area contributed by atoms with Gasteiger partial charge in [0.05, 0.1) is 66.9 Å². The molecule has 0 radical (unpaired) electrons. The van der Waals surface area contributed by atoms with E-state index in [1.165, 1.54) is 167 Å². The minimum Gasteiger partial charge on any atom is -0.309 e. The van der Waals surface area contributed by atoms with Crippen LogP contribution in [0.2, 0.25) is 0 Å². The average molecular weight is 1950 g/mol. The number of nitrogens with zero attached hydrogens (tertiary/aromatic N) is 10. The van der Waals surface area contributed by atoms with E-state index in [2.05, 4.69) is 491 Å². The number of benzene rings is 21. The molecule has 10 nitrogen and oxygen atoms in total. The van der Waals surface area contributed by atoms with Gasteiger partial charge in [-0.2, -0.15) is 0 Å². The zero-order chi connectivity index (χ0) is 99.1. The van der Waals surface area contributed by atoms with Crippen LogP contribution in [0.1, 0.15) is 0 Å². The van der Waals surface area contributed by atoms with E-state index < -0.39 is 0 Å². The summed E-state index contributed by atoms with van der Waals surface area (Å²) in [6, 6.07) is 186. The summed E-state index contributed by atoms with van der Waals surface area (Å²) >= 11 is 3.74. The second kappa shape index (κ2) is 37.6. The fraction of sp³-hybridized carbons (Fsp3) is 0. The van der Waals surface area contributed by atoms with Crippen LogP contribution in [-0.2, 0) is 0 Å². The Kier molecular flexibility index (Phi) is 22.1. The first kappa shape index (κ1) is 88.2. The Balaban J connectivity index is 0.000000109. The number of para-hydroxylation sites is 4. The van der Waals surface area contributed by atoms with Gasteiger partial charge in [-0.05, 0) is 205 Å². The van der Waals surface area contributed by atoms with Crippen molar-refractivity contribution in [2.24, 2.45) is 0 Å². The fourth-order valence-corrected chi connectivity index (χ4v) is 24.5. The average Bonchev–Trinajstić information content (AvgIpc) is 1.59. The normalized spacial score (nSPS) is 11.6. The number of rotatable bonds is 15. The Bertz CT molecular complexity index is 10500. The lowest BCUT2D eigenvalue weighted by Gasteiger charge is -2.12. The van der Waals surface area contributed by atoms with Crippen LogP contribution >= 0.6 is 22.7 Å². The number of aromatic nitrogens is 10. The van der Waals surface area contributed by atoms with Crippen LogP contribution in [0, 0.1) is 0 Å². The summed E-state index contributed by atoms with van der Waals surface area (Å²) in [5.41, 5.74) is 34.6. The van der Waals surface area contributed by atoms with Crippen molar-refractivity contribution < 1.29 is 0 Å². The molecule has 150 heavy (non-hydrogen) atoms. The monoisotopic (exact) mass is 1950 g/mol. The zero-order valence-corrected chi connectivity index (χ0v) is 82.7. The third-order valence-corrected chi connectivity index (χ3v) is 31.6. The molecule has 9 heterocycles. The standard InChI is InChI=1S/C52H34N4.C46H29N3S.C40H25N3S/c1-3-12-35(13-4-1)36-22-24-37(25-23-36)38-14-11-15-41(32-38)47-30-31-53-52(54-47)56-49-21-10-8-19-44(49)46-34-40(27-29-51(46)56)39-26-28-50-45(33-39)43-18-7-9-20-48(43)55(50)42-16-5-2-6-17-42;1-3-12-30(13-4-1)31-22-24-33(25-23-31)41-29-40(32-14-5-2-6-15-32)47-46(48-41)49-42-20-9-7-16-36(42)39-28-34(26-27-43(39)49)35-18-11-19-38-37-17-8-10-21-44(37)50-45(35)38;1-3-10-26(11-4-1)28-18-20-36-33(24-28)34-25-29(30-15-9-16-32-31-14-7-8-17-38(31)44-39(30)32)19-21-37(34)43(36)40-41-23-22-35(42-40)27-12-5-2-6-13-27/h1-34H;1-29H;1-25H. The number of hydrogen-bond donors (Lipinski definition) is 0. The van der Waals surface area contributed by atoms with Gasteiger partial charge in [0, 0.05) is 124 Å². The summed E-state index contributed by atoms with van der Waals surface area (Å²) in [4.78, 5) is 30.4. The molecule has 0 amide bonds. The quantitative estimate of drug-likeness (QED) is 0.101. The predicted octanol–water partition coefficient (Wildman–Crippen LogP) is 36.9. The highest BCUT2D eigenvalue weighted by Gasteiger charge is 2.25. The number of thiophene rings is 2. The largest absolute Gasteiger partial charge is 0.309 e. The first-order valence-electron chi connectivity index (χ1n) is 50.6. The van der Waals surface area contributed by atoms with Gasteiger partial charge < -0.3 is 4.57 Å². The van der Waals surface area contributed by atoms with Crippen molar-refractivity contribution in [1.29, 1.82) is 0 Å². The molecule has 30 aromatic rings. The molecule has 0 unspecified atom stereocenters. The van der Waals surface area contributed by atoms with Crippen LogP contribution in [0.5, 0.6) is 0 Å². The van der Waals surface area contributed by atoms with Gasteiger partial charge in [0.15, 0.2) is 0 Å². The molecule has 0 spiro atoms. The van der Waals surface area contributed by atoms with E-state index in [4.69, 9.17) is 29.9 Å². The maximum atomic E-state index is 5.27. The molecule has 0 N–H and O–H groups in total. The topological polar surface area (TPSA) is 97.1 Å². The molecule has 702 valence electrons. The van der Waals surface area contributed by atoms with Crippen LogP contribution in [0.25, 0.3) is 274 Å². The van der Waals surface area contributed by atoms with Crippen molar-refractivity contribution in [3.05, 3.63) is 534 Å². The van der Waals surface area contributed by atoms with Gasteiger partial charge >= 0.3 is 0 Å². The molecule has 21 aromatic carbocycles. The molecule has 0 aliphatic carbocycles. The van der Waals surface area contributed by atoms with Crippen LogP contribution in [0.3, 0.4) is 0 Å². The molecule has 0 saturated heterocycles. The van der Waals surface area contributed by atoms with Crippen molar-refractivity contribution in [3.8, 4) is 146 Å². The van der Waals surface area contributed by atoms with Crippen LogP contribution < -0.4 is 0 Å². The fourth-order valence-electron chi connectivity index (χ4n) is 22.0. The maximum absolute atomic E-state index is 5.27. The molecule has 30 rings (SSSR count). The Hall–Kier alpha value is -19.5. The molecule has 0 aliphatic rings. The highest BCUT2D eigenvalue weighted by molar-refractivity contribution is 7.26. The van der Waals surface area contributed by atoms with Crippen LogP contribution in [-0.4, -0.2) is 48.2 Å². The number of fused-ring (bicyclic) bond motifs is 18. The summed E-state index contributed by atoms with van der Waals surface area (Å²) in [6.07, 6.45) is 3.73. The first-order valence-corrected chi connectivity index (χ1v) is 52.2. The van der Waals surface area contributed by atoms with Gasteiger partial charge in [0.2, 0.25) is 17.8 Å². The van der Waals surface area contributed by atoms with E-state index in [1.807, 2.05) is 83.6 Å². The van der Waals surface area contributed by atoms with Crippen molar-refractivity contribution in [2.45, 2.75) is 0 Å². The van der Waals surface area contributed by atoms with Crippen molar-refractivity contribution >= 4 is 150 Å². The van der Waals surface area contributed by atoms with Crippen molar-refractivity contribution in [2.75, 3.05) is 0 Å². The minimum atomic E-state index is 0.647. The van der Waals surface area contributed by atoms with E-state index in [9.17, 15) is 0 Å². The highest BCUT2D eigenvalue weighted by Crippen LogP contribution is 2.48. The zero-order valence-electron chi connectivity index (χ0n) is 81.1. The lowest BCUT2D eigenvalue weighted by Crippen LogP contribution is -2.04. The summed E-state index contributed by atoms with van der Waals surface area (Å²) in [6.45, 7) is 0. The molecule has 0 bridgehead atoms. The third kappa shape index (κ3) is 15.9. The van der Waals surface area contributed by atoms with E-state index in [0.29, 0.717) is 17.8 Å². The predicted molar refractivity (Wildman–Crippen MR) is 629 cm³/mol. The highest BCUT2D eigenvalue weighted by atomic mass is 32.1. The van der Waals surface area contributed by atoms with E-state index in [0.717, 1.165) is 89.4 Å². The summed E-state index contributed by atoms with van der Waals surface area (Å²) < 4.78 is 14.3. The Morgan fingerprint density at radius 3 is 0.853 bits per heavy atom. The molecule has 0 aliphatic heterocycles. The summed E-state index contributed by atoms with van der Waals surface area (Å²) in [5, 5.41) is 14.8. The Labute approximate surface area is 872 Å². The van der Waals surface area contributed by atoms with Gasteiger partial charge in [-0.15, -0.1) is 22.7 Å². The minimum absolute atomic E-state index is 0.647. The van der Waals surface area contributed by atoms with Gasteiger partial charge in [0.1, 0.15) is 0 Å². The molecule has 0 saturated carbocycles. The van der Waals surface area contributed by atoms with E-state index in [1.54, 1.807) is 0 Å². The molecule has 12 heteroatoms. The van der Waals surface area contributed by atoms with Gasteiger partial charge in [-0.1, -0.05) is 394 Å². The van der Waals surface area contributed by atoms with Crippen molar-refractivity contribution in [3.63, 3.8) is 0 Å². The molecule has 9 aromatic heterocycles. The lowest BCUT2D eigenvalue weighted by atomic mass is 9.98. The molecule has 0 atom stereocenters. The molecular formula is C138H88N10S2. The van der Waals surface area contributed by atoms with Gasteiger partial charge in [-0.3, -0.25) is 13.7 Å². The molecular weight excluding hydrogens is 1860 g/mol. The van der Waals surface area contributed by atoms with Gasteiger partial charge in [0.25, 0.3) is 0 Å². The number of hydrogen-bond acceptors (Lipinski definition) is 8. The van der Waals surface area contributed by atoms with Gasteiger partial charge in [-0.25, -0.2) is 29.9 Å². The lowest BCUT2D eigenvalue weighted by molar-refractivity contribution is 0.992. The van der Waals surface area contributed by atoms with Crippen LogP contribution in [0.15, 0.2) is 534 Å². The smallest absolute Gasteiger partial charge is 0.235 e. The summed E-state index contributed by atoms with van der Waals surface area (Å²) in [7, 11) is 0. The van der Waals surface area contributed by atoms with Crippen LogP contribution in [0.4, 0.5) is 0 Å². The van der Waals surface area contributed by atoms with E-state index >= 15 is 0 Å². The maximum Gasteiger partial charge on any atom is 0.235 e. The Morgan fingerprint density at radius 2 is 0.407 bits per heavy atom. The second-order valence-corrected chi connectivity index (χ2v) is 40.0. The van der Waals surface area contributed by atoms with E-state index in [-0.39, 0.29) is 0 Å². The third-order valence-electron chi connectivity index (χ3n) is 29.2. The molecule has 0 fully saturated rings. The summed E-state index contributed by atoms with van der Waals surface area (Å²) in [5.74, 6) is 1.96. The van der Waals surface area contributed by atoms with Crippen molar-refractivity contribution in [1.82, 2.24) is 48.2 Å². The SMILES string of the molecule is c1ccc(-c2ccc(-c3cc(-c4ccccc4)nc(-n4c5ccccc5c5cc(-c6cccc7c6sc6ccccc67)ccc54)n3)cc2)cc1.c1ccc(-c2ccc(-c3cccc(-c4ccnc(-n5c6ccccc6c6cc(-c7ccc8c(c7)c7ccccc7n8-c7ccccc7)ccc65)n4)c3)cc2)cc1.c1ccc(-c2ccc3c(c2)c2cc(-c4cccc5c4sc4ccccc45)ccc2n3-c2nccc(-c3ccccc3)n2)cc1. The Morgan fingerprint density at radius 1 is 0.147 bits per heavy atom. The first-order chi connectivity index (χ1) is 74.4. The second-order valence-electron chi connectivity index (χ2n) is 37.9.